The van der Waals surface area contributed by atoms with Gasteiger partial charge < -0.3 is 19.4 Å². The first kappa shape index (κ1) is 17.1. The van der Waals surface area contributed by atoms with Gasteiger partial charge in [0.15, 0.2) is 12.3 Å². The van der Waals surface area contributed by atoms with E-state index < -0.39 is 36.3 Å². The normalized spacial score (nSPS) is 25.9. The molecule has 1 saturated heterocycles. The lowest BCUT2D eigenvalue weighted by atomic mass is 10.0. The molecule has 1 fully saturated rings. The number of ether oxygens (including phenoxy) is 2. The minimum absolute atomic E-state index is 0.152. The largest absolute Gasteiger partial charge is 0.464 e. The Morgan fingerprint density at radius 2 is 2.04 bits per heavy atom. The zero-order valence-electron chi connectivity index (χ0n) is 13.5. The van der Waals surface area contributed by atoms with Crippen molar-refractivity contribution in [1.29, 1.82) is 0 Å². The van der Waals surface area contributed by atoms with Crippen molar-refractivity contribution in [2.45, 2.75) is 38.2 Å². The molecule has 0 radical (unpaired) electrons. The maximum atomic E-state index is 15.0. The van der Waals surface area contributed by atoms with Crippen LogP contribution in [-0.4, -0.2) is 51.8 Å². The number of hydrogen-bond acceptors (Lipinski definition) is 7. The summed E-state index contributed by atoms with van der Waals surface area (Å²) in [4.78, 5) is 43.4. The van der Waals surface area contributed by atoms with Gasteiger partial charge in [0.05, 0.1) is 18.4 Å². The van der Waals surface area contributed by atoms with Crippen molar-refractivity contribution < 1.29 is 23.5 Å². The average Bonchev–Trinajstić information content (AvgIpc) is 3.09. The van der Waals surface area contributed by atoms with Crippen LogP contribution in [0.5, 0.6) is 0 Å². The van der Waals surface area contributed by atoms with Gasteiger partial charge in [0.2, 0.25) is 0 Å². The number of hydrogen-bond donors (Lipinski definition) is 3. The molecule has 3 rings (SSSR count). The monoisotopic (exact) mass is 352 g/mol. The minimum Gasteiger partial charge on any atom is -0.464 e. The van der Waals surface area contributed by atoms with Crippen LogP contribution >= 0.6 is 0 Å². The van der Waals surface area contributed by atoms with E-state index in [4.69, 9.17) is 9.47 Å². The van der Waals surface area contributed by atoms with Gasteiger partial charge in [-0.25, -0.2) is 9.37 Å². The molecule has 2 aromatic heterocycles. The molecule has 0 amide bonds. The van der Waals surface area contributed by atoms with Gasteiger partial charge in [0, 0.05) is 25.6 Å². The number of fused-ring (bicyclic) bond motifs is 1. The second kappa shape index (κ2) is 6.63. The number of nitrogens with zero attached hydrogens (tertiary/aromatic N) is 1. The Bertz CT molecular complexity index is 863. The second-order valence-electron chi connectivity index (χ2n) is 5.77. The fraction of sp³-hybridized carbons (Fsp3) is 0.467. The summed E-state index contributed by atoms with van der Waals surface area (Å²) in [5.41, 5.74) is 0.589. The maximum Gasteiger partial charge on any atom is 0.303 e. The predicted octanol–water partition coefficient (Wildman–Crippen LogP) is 0.0970. The van der Waals surface area contributed by atoms with Gasteiger partial charge in [0.25, 0.3) is 5.56 Å². The average molecular weight is 352 g/mol. The number of aromatic nitrogens is 3. The molecular formula is C15H17FN4O5. The Morgan fingerprint density at radius 3 is 2.72 bits per heavy atom. The number of halogens is 1. The van der Waals surface area contributed by atoms with E-state index in [1.165, 1.54) is 26.4 Å². The molecule has 0 aromatic carbocycles. The van der Waals surface area contributed by atoms with Crippen LogP contribution in [0.2, 0.25) is 0 Å². The van der Waals surface area contributed by atoms with Crippen LogP contribution < -0.4 is 10.9 Å². The highest BCUT2D eigenvalue weighted by Crippen LogP contribution is 2.34. The van der Waals surface area contributed by atoms with Crippen molar-refractivity contribution in [3.63, 3.8) is 0 Å². The van der Waals surface area contributed by atoms with Gasteiger partial charge in [0.1, 0.15) is 17.6 Å². The van der Waals surface area contributed by atoms with Crippen LogP contribution in [0.3, 0.4) is 0 Å². The highest BCUT2D eigenvalue weighted by Gasteiger charge is 2.47. The first-order chi connectivity index (χ1) is 11.9. The summed E-state index contributed by atoms with van der Waals surface area (Å²) in [6.07, 6.45) is -0.0290. The van der Waals surface area contributed by atoms with E-state index in [0.717, 1.165) is 0 Å². The Balaban J connectivity index is 1.92. The van der Waals surface area contributed by atoms with E-state index in [-0.39, 0.29) is 17.7 Å². The highest BCUT2D eigenvalue weighted by molar-refractivity contribution is 5.78. The lowest BCUT2D eigenvalue weighted by Gasteiger charge is -2.19. The summed E-state index contributed by atoms with van der Waals surface area (Å²) in [7, 11) is 0. The first-order valence-electron chi connectivity index (χ1n) is 7.64. The van der Waals surface area contributed by atoms with Crippen LogP contribution in [0.4, 0.5) is 4.39 Å². The lowest BCUT2D eigenvalue weighted by Crippen LogP contribution is -2.39. The van der Waals surface area contributed by atoms with E-state index in [9.17, 15) is 18.8 Å². The molecule has 0 unspecified atom stereocenters. The van der Waals surface area contributed by atoms with Gasteiger partial charge in [-0.05, 0) is 0 Å². The Labute approximate surface area is 140 Å². The smallest absolute Gasteiger partial charge is 0.303 e. The van der Waals surface area contributed by atoms with Gasteiger partial charge in [-0.15, -0.1) is 0 Å². The molecule has 0 aliphatic carbocycles. The SMILES string of the molecule is CC(=O)OC[C@H]1N[C@@H](c2c[nH]c3c(=O)[nH]cnc23)[C@@H](F)[C@@H]1OC(C)=O. The fourth-order valence-electron chi connectivity index (χ4n) is 2.99. The Kier molecular flexibility index (Phi) is 4.53. The van der Waals surface area contributed by atoms with Gasteiger partial charge in [-0.3, -0.25) is 19.7 Å². The molecule has 1 aliphatic heterocycles. The standard InChI is InChI=1S/C15H17FN4O5/c1-6(21)24-4-9-14(25-7(2)22)10(16)11(20-9)8-3-17-13-12(8)18-5-19-15(13)23/h3,5,9-11,14,17,20H,4H2,1-2H3,(H,18,19,23)/t9-,10-,11+,14-/m1/s1. The van der Waals surface area contributed by atoms with E-state index in [1.54, 1.807) is 0 Å². The van der Waals surface area contributed by atoms with Gasteiger partial charge in [-0.1, -0.05) is 0 Å². The molecule has 9 nitrogen and oxygen atoms in total. The molecule has 4 atom stereocenters. The number of esters is 2. The molecule has 3 heterocycles. The number of alkyl halides is 1. The van der Waals surface area contributed by atoms with Crippen LogP contribution in [0.1, 0.15) is 25.5 Å². The number of rotatable bonds is 4. The van der Waals surface area contributed by atoms with E-state index in [2.05, 4.69) is 20.3 Å². The van der Waals surface area contributed by atoms with Crippen LogP contribution in [-0.2, 0) is 19.1 Å². The Hall–Kier alpha value is -2.75. The molecular weight excluding hydrogens is 335 g/mol. The Morgan fingerprint density at radius 1 is 1.28 bits per heavy atom. The summed E-state index contributed by atoms with van der Waals surface area (Å²) >= 11 is 0. The summed E-state index contributed by atoms with van der Waals surface area (Å²) in [6, 6.07) is -1.60. The number of carbonyl (C=O) groups is 2. The van der Waals surface area contributed by atoms with Crippen LogP contribution in [0.15, 0.2) is 17.3 Å². The van der Waals surface area contributed by atoms with E-state index >= 15 is 0 Å². The third-order valence-corrected chi connectivity index (χ3v) is 4.02. The van der Waals surface area contributed by atoms with Crippen molar-refractivity contribution in [2.75, 3.05) is 6.61 Å². The van der Waals surface area contributed by atoms with E-state index in [0.29, 0.717) is 11.1 Å². The fourth-order valence-corrected chi connectivity index (χ4v) is 2.99. The van der Waals surface area contributed by atoms with Crippen molar-refractivity contribution in [3.8, 4) is 0 Å². The van der Waals surface area contributed by atoms with E-state index in [1.807, 2.05) is 0 Å². The number of carbonyl (C=O) groups excluding carboxylic acids is 2. The topological polar surface area (TPSA) is 126 Å². The lowest BCUT2D eigenvalue weighted by molar-refractivity contribution is -0.151. The molecule has 10 heteroatoms. The summed E-state index contributed by atoms with van der Waals surface area (Å²) < 4.78 is 25.0. The molecule has 0 spiro atoms. The summed E-state index contributed by atoms with van der Waals surface area (Å²) in [5.74, 6) is -1.17. The molecule has 25 heavy (non-hydrogen) atoms. The van der Waals surface area contributed by atoms with Crippen molar-refractivity contribution in [3.05, 3.63) is 28.4 Å². The number of aromatic amines is 2. The number of H-pyrrole nitrogens is 2. The first-order valence-corrected chi connectivity index (χ1v) is 7.64. The number of nitrogens with one attached hydrogen (secondary N) is 3. The van der Waals surface area contributed by atoms with Gasteiger partial charge in [-0.2, -0.15) is 0 Å². The maximum absolute atomic E-state index is 15.0. The highest BCUT2D eigenvalue weighted by atomic mass is 19.1. The summed E-state index contributed by atoms with van der Waals surface area (Å²) in [6.45, 7) is 2.26. The quantitative estimate of drug-likeness (QED) is 0.666. The third-order valence-electron chi connectivity index (χ3n) is 4.02. The van der Waals surface area contributed by atoms with Gasteiger partial charge >= 0.3 is 11.9 Å². The van der Waals surface area contributed by atoms with Crippen molar-refractivity contribution >= 4 is 23.0 Å². The zero-order valence-corrected chi connectivity index (χ0v) is 13.5. The molecule has 3 N–H and O–H groups in total. The molecule has 1 aliphatic rings. The van der Waals surface area contributed by atoms with Crippen LogP contribution in [0, 0.1) is 0 Å². The molecule has 134 valence electrons. The zero-order chi connectivity index (χ0) is 18.1. The summed E-state index contributed by atoms with van der Waals surface area (Å²) in [5, 5.41) is 2.96. The van der Waals surface area contributed by atoms with Crippen LogP contribution in [0.25, 0.3) is 11.0 Å². The molecule has 0 bridgehead atoms. The predicted molar refractivity (Wildman–Crippen MR) is 83.5 cm³/mol. The third kappa shape index (κ3) is 3.25. The van der Waals surface area contributed by atoms with Crippen molar-refractivity contribution in [2.24, 2.45) is 0 Å². The molecule has 2 aromatic rings. The second-order valence-corrected chi connectivity index (χ2v) is 5.77. The van der Waals surface area contributed by atoms with Crippen molar-refractivity contribution in [1.82, 2.24) is 20.3 Å². The minimum atomic E-state index is -1.61. The molecule has 0 saturated carbocycles.